The van der Waals surface area contributed by atoms with Crippen molar-refractivity contribution < 1.29 is 8.42 Å². The summed E-state index contributed by atoms with van der Waals surface area (Å²) in [5.74, 6) is 0. The number of hydrogen-bond acceptors (Lipinski definition) is 3. The molecule has 0 saturated carbocycles. The Bertz CT molecular complexity index is 570. The Morgan fingerprint density at radius 2 is 1.32 bits per heavy atom. The first kappa shape index (κ1) is 15.8. The highest BCUT2D eigenvalue weighted by Crippen LogP contribution is 2.20. The molecular weight excluding hydrogens is 298 g/mol. The molecule has 2 fully saturated rings. The molecule has 5 nitrogen and oxygen atoms in total. The zero-order chi connectivity index (χ0) is 15.4. The van der Waals surface area contributed by atoms with Gasteiger partial charge in [0.05, 0.1) is 0 Å². The Balaban J connectivity index is 1.67. The van der Waals surface area contributed by atoms with E-state index in [1.165, 1.54) is 5.69 Å². The van der Waals surface area contributed by atoms with Crippen LogP contribution in [0.3, 0.4) is 0 Å². The van der Waals surface area contributed by atoms with Gasteiger partial charge < -0.3 is 4.90 Å². The standard InChI is InChI=1S/C16H25N3O2S/c20-22(21,18-11-5-2-6-12-18)19-13-7-10-17(14-15-19)16-8-3-1-4-9-16/h1,3-4,8-9H,2,5-7,10-15H2. The third kappa shape index (κ3) is 3.45. The Morgan fingerprint density at radius 1 is 0.682 bits per heavy atom. The summed E-state index contributed by atoms with van der Waals surface area (Å²) in [5, 5.41) is 0. The predicted octanol–water partition coefficient (Wildman–Crippen LogP) is 1.93. The van der Waals surface area contributed by atoms with Crippen molar-refractivity contribution in [3.8, 4) is 0 Å². The third-order valence-electron chi connectivity index (χ3n) is 4.54. The fraction of sp³-hybridized carbons (Fsp3) is 0.625. The molecule has 2 saturated heterocycles. The summed E-state index contributed by atoms with van der Waals surface area (Å²) in [4.78, 5) is 2.28. The lowest BCUT2D eigenvalue weighted by Gasteiger charge is -2.31. The lowest BCUT2D eigenvalue weighted by Crippen LogP contribution is -2.47. The van der Waals surface area contributed by atoms with E-state index < -0.39 is 10.2 Å². The molecule has 2 aliphatic heterocycles. The Kier molecular flexibility index (Phi) is 5.00. The van der Waals surface area contributed by atoms with Gasteiger partial charge >= 0.3 is 0 Å². The molecule has 122 valence electrons. The van der Waals surface area contributed by atoms with Crippen LogP contribution in [0.1, 0.15) is 25.7 Å². The van der Waals surface area contributed by atoms with E-state index in [0.717, 1.165) is 38.8 Å². The largest absolute Gasteiger partial charge is 0.370 e. The van der Waals surface area contributed by atoms with Crippen molar-refractivity contribution in [1.29, 1.82) is 0 Å². The molecule has 0 bridgehead atoms. The second-order valence-electron chi connectivity index (χ2n) is 6.04. The monoisotopic (exact) mass is 323 g/mol. The fourth-order valence-corrected chi connectivity index (χ4v) is 5.00. The number of rotatable bonds is 3. The first-order valence-corrected chi connectivity index (χ1v) is 9.63. The second-order valence-corrected chi connectivity index (χ2v) is 7.97. The summed E-state index contributed by atoms with van der Waals surface area (Å²) in [6.45, 7) is 4.24. The average Bonchev–Trinajstić information content (AvgIpc) is 2.83. The fourth-order valence-electron chi connectivity index (χ4n) is 3.28. The van der Waals surface area contributed by atoms with Crippen molar-refractivity contribution in [2.75, 3.05) is 44.2 Å². The Hall–Kier alpha value is -1.11. The topological polar surface area (TPSA) is 43.9 Å². The minimum Gasteiger partial charge on any atom is -0.370 e. The summed E-state index contributed by atoms with van der Waals surface area (Å²) >= 11 is 0. The number of hydrogen-bond donors (Lipinski definition) is 0. The molecule has 2 aliphatic rings. The maximum atomic E-state index is 12.8. The Labute approximate surface area is 133 Å². The van der Waals surface area contributed by atoms with E-state index in [1.54, 1.807) is 8.61 Å². The van der Waals surface area contributed by atoms with Crippen LogP contribution < -0.4 is 4.90 Å². The molecule has 22 heavy (non-hydrogen) atoms. The van der Waals surface area contributed by atoms with E-state index in [9.17, 15) is 8.42 Å². The van der Waals surface area contributed by atoms with Crippen LogP contribution >= 0.6 is 0 Å². The maximum Gasteiger partial charge on any atom is 0.282 e. The van der Waals surface area contributed by atoms with Gasteiger partial charge in [0.2, 0.25) is 0 Å². The van der Waals surface area contributed by atoms with Crippen LogP contribution in [0.4, 0.5) is 5.69 Å². The van der Waals surface area contributed by atoms with E-state index >= 15 is 0 Å². The van der Waals surface area contributed by atoms with Crippen molar-refractivity contribution in [1.82, 2.24) is 8.61 Å². The quantitative estimate of drug-likeness (QED) is 0.854. The van der Waals surface area contributed by atoms with Crippen LogP contribution in [0.25, 0.3) is 0 Å². The van der Waals surface area contributed by atoms with Crippen LogP contribution in [0.2, 0.25) is 0 Å². The van der Waals surface area contributed by atoms with Gasteiger partial charge in [0.1, 0.15) is 0 Å². The summed E-state index contributed by atoms with van der Waals surface area (Å²) in [6, 6.07) is 10.3. The molecule has 0 N–H and O–H groups in total. The van der Waals surface area contributed by atoms with Gasteiger partial charge in [-0.2, -0.15) is 17.0 Å². The maximum absolute atomic E-state index is 12.8. The lowest BCUT2D eigenvalue weighted by molar-refractivity contribution is 0.307. The molecule has 1 aromatic carbocycles. The molecule has 6 heteroatoms. The first-order valence-electron chi connectivity index (χ1n) is 8.23. The zero-order valence-electron chi connectivity index (χ0n) is 13.0. The minimum absolute atomic E-state index is 0.577. The van der Waals surface area contributed by atoms with Crippen molar-refractivity contribution in [3.63, 3.8) is 0 Å². The summed E-state index contributed by atoms with van der Waals surface area (Å²) in [7, 11) is -3.27. The van der Waals surface area contributed by atoms with E-state index in [1.807, 2.05) is 18.2 Å². The summed E-state index contributed by atoms with van der Waals surface area (Å²) in [5.41, 5.74) is 1.18. The molecule has 0 unspecified atom stereocenters. The van der Waals surface area contributed by atoms with Gasteiger partial charge in [-0.15, -0.1) is 0 Å². The molecule has 0 aliphatic carbocycles. The number of anilines is 1. The average molecular weight is 323 g/mol. The molecule has 0 spiro atoms. The van der Waals surface area contributed by atoms with Crippen LogP contribution in [0, 0.1) is 0 Å². The number of benzene rings is 1. The van der Waals surface area contributed by atoms with E-state index in [4.69, 9.17) is 0 Å². The molecule has 0 atom stereocenters. The van der Waals surface area contributed by atoms with Crippen LogP contribution in [0.5, 0.6) is 0 Å². The summed E-state index contributed by atoms with van der Waals surface area (Å²) in [6.07, 6.45) is 4.00. The van der Waals surface area contributed by atoms with Crippen LogP contribution in [-0.2, 0) is 10.2 Å². The molecule has 0 amide bonds. The highest BCUT2D eigenvalue weighted by molar-refractivity contribution is 7.86. The van der Waals surface area contributed by atoms with Gasteiger partial charge in [0, 0.05) is 45.0 Å². The van der Waals surface area contributed by atoms with Gasteiger partial charge in [-0.25, -0.2) is 0 Å². The van der Waals surface area contributed by atoms with Gasteiger partial charge in [-0.3, -0.25) is 0 Å². The SMILES string of the molecule is O=S(=O)(N1CCCCC1)N1CCCN(c2ccccc2)CC1. The highest BCUT2D eigenvalue weighted by Gasteiger charge is 2.31. The van der Waals surface area contributed by atoms with E-state index in [0.29, 0.717) is 26.2 Å². The van der Waals surface area contributed by atoms with Crippen molar-refractivity contribution in [3.05, 3.63) is 30.3 Å². The van der Waals surface area contributed by atoms with E-state index in [-0.39, 0.29) is 0 Å². The number of piperidine rings is 1. The Morgan fingerprint density at radius 3 is 2.05 bits per heavy atom. The molecule has 3 rings (SSSR count). The first-order chi connectivity index (χ1) is 10.7. The van der Waals surface area contributed by atoms with Crippen LogP contribution in [0.15, 0.2) is 30.3 Å². The molecule has 1 aromatic rings. The van der Waals surface area contributed by atoms with Gasteiger partial charge in [-0.1, -0.05) is 24.6 Å². The smallest absolute Gasteiger partial charge is 0.282 e. The molecule has 0 radical (unpaired) electrons. The molecular formula is C16H25N3O2S. The van der Waals surface area contributed by atoms with Crippen LogP contribution in [-0.4, -0.2) is 56.3 Å². The second kappa shape index (κ2) is 6.98. The van der Waals surface area contributed by atoms with Crippen molar-refractivity contribution in [2.24, 2.45) is 0 Å². The highest BCUT2D eigenvalue weighted by atomic mass is 32.2. The lowest BCUT2D eigenvalue weighted by atomic mass is 10.2. The predicted molar refractivity (Wildman–Crippen MR) is 89.2 cm³/mol. The molecule has 0 aromatic heterocycles. The number of para-hydroxylation sites is 1. The van der Waals surface area contributed by atoms with E-state index in [2.05, 4.69) is 17.0 Å². The van der Waals surface area contributed by atoms with Gasteiger partial charge in [-0.05, 0) is 31.4 Å². The van der Waals surface area contributed by atoms with Crippen molar-refractivity contribution >= 4 is 15.9 Å². The zero-order valence-corrected chi connectivity index (χ0v) is 13.8. The van der Waals surface area contributed by atoms with Gasteiger partial charge in [0.25, 0.3) is 10.2 Å². The summed E-state index contributed by atoms with van der Waals surface area (Å²) < 4.78 is 28.9. The molecule has 2 heterocycles. The van der Waals surface area contributed by atoms with Gasteiger partial charge in [0.15, 0.2) is 0 Å². The normalized spacial score (nSPS) is 22.5. The number of nitrogens with zero attached hydrogens (tertiary/aromatic N) is 3. The van der Waals surface area contributed by atoms with Crippen molar-refractivity contribution in [2.45, 2.75) is 25.7 Å². The minimum atomic E-state index is -3.27. The third-order valence-corrected chi connectivity index (χ3v) is 6.58.